The molecule has 1 aromatic heterocycles. The highest BCUT2D eigenvalue weighted by molar-refractivity contribution is 7.22. The maximum atomic E-state index is 13.4. The van der Waals surface area contributed by atoms with E-state index in [-0.39, 0.29) is 23.6 Å². The molecule has 3 aromatic rings. The van der Waals surface area contributed by atoms with Gasteiger partial charge in [-0.25, -0.2) is 20.0 Å². The van der Waals surface area contributed by atoms with Gasteiger partial charge >= 0.3 is 5.96 Å². The number of hydrogen-bond acceptors (Lipinski definition) is 5. The van der Waals surface area contributed by atoms with E-state index in [2.05, 4.69) is 26.7 Å². The van der Waals surface area contributed by atoms with Crippen molar-refractivity contribution >= 4 is 38.4 Å². The molecule has 2 aromatic carbocycles. The molecule has 0 bridgehead atoms. The molecule has 0 spiro atoms. The minimum Gasteiger partial charge on any atom is -0.299 e. The minimum absolute atomic E-state index is 0.186. The highest BCUT2D eigenvalue weighted by Crippen LogP contribution is 2.31. The van der Waals surface area contributed by atoms with Gasteiger partial charge in [0.15, 0.2) is 0 Å². The fourth-order valence-electron chi connectivity index (χ4n) is 3.79. The lowest BCUT2D eigenvalue weighted by Gasteiger charge is -2.30. The Labute approximate surface area is 165 Å². The first-order valence-electron chi connectivity index (χ1n) is 9.19. The lowest BCUT2D eigenvalue weighted by molar-refractivity contribution is -0.522. The fourth-order valence-corrected chi connectivity index (χ4v) is 4.66. The van der Waals surface area contributed by atoms with Crippen LogP contribution in [0.1, 0.15) is 24.4 Å². The Kier molecular flexibility index (Phi) is 4.16. The van der Waals surface area contributed by atoms with Gasteiger partial charge in [0.05, 0.1) is 15.9 Å². The second-order valence-corrected chi connectivity index (χ2v) is 7.96. The normalized spacial score (nSPS) is 21.5. The third kappa shape index (κ3) is 3.07. The van der Waals surface area contributed by atoms with E-state index in [1.807, 2.05) is 24.3 Å². The number of benzene rings is 2. The molecule has 7 heteroatoms. The molecule has 28 heavy (non-hydrogen) atoms. The Morgan fingerprint density at radius 3 is 2.82 bits per heavy atom. The van der Waals surface area contributed by atoms with Gasteiger partial charge in [-0.05, 0) is 42.3 Å². The van der Waals surface area contributed by atoms with Crippen LogP contribution >= 0.6 is 11.3 Å². The third-order valence-corrected chi connectivity index (χ3v) is 6.05. The zero-order valence-corrected chi connectivity index (χ0v) is 15.7. The monoisotopic (exact) mass is 393 g/mol. The molecule has 2 heterocycles. The fraction of sp³-hybridized carbons (Fsp3) is 0.190. The van der Waals surface area contributed by atoms with Gasteiger partial charge in [-0.2, -0.15) is 0 Å². The molecule has 140 valence electrons. The van der Waals surface area contributed by atoms with Gasteiger partial charge in [-0.15, -0.1) is 0 Å². The van der Waals surface area contributed by atoms with Crippen LogP contribution in [-0.4, -0.2) is 16.7 Å². The number of guanidine groups is 1. The van der Waals surface area contributed by atoms with E-state index in [4.69, 9.17) is 0 Å². The van der Waals surface area contributed by atoms with Crippen molar-refractivity contribution in [2.24, 2.45) is 5.92 Å². The molecule has 3 N–H and O–H groups in total. The number of fused-ring (bicyclic) bond motifs is 2. The topological polar surface area (TPSA) is 68.0 Å². The molecule has 2 atom stereocenters. The maximum Gasteiger partial charge on any atom is 0.355 e. The van der Waals surface area contributed by atoms with E-state index in [1.165, 1.54) is 12.1 Å². The molecule has 5 nitrogen and oxygen atoms in total. The third-order valence-electron chi connectivity index (χ3n) is 5.09. The van der Waals surface area contributed by atoms with Crippen LogP contribution < -0.4 is 15.6 Å². The summed E-state index contributed by atoms with van der Waals surface area (Å²) in [5.41, 5.74) is 2.69. The van der Waals surface area contributed by atoms with Crippen molar-refractivity contribution in [3.05, 3.63) is 71.7 Å². The zero-order valence-electron chi connectivity index (χ0n) is 14.9. The number of Topliss-reactive ketones (excluding diaryl/α,β-unsaturated/α-hetero) is 1. The summed E-state index contributed by atoms with van der Waals surface area (Å²) in [7, 11) is 0. The molecule has 0 saturated heterocycles. The number of rotatable bonds is 2. The quantitative estimate of drug-likeness (QED) is 0.626. The van der Waals surface area contributed by atoms with Crippen LogP contribution in [0.25, 0.3) is 10.2 Å². The van der Waals surface area contributed by atoms with Gasteiger partial charge < -0.3 is 0 Å². The number of anilines is 1. The first-order chi connectivity index (χ1) is 13.7. The maximum absolute atomic E-state index is 13.4. The Bertz CT molecular complexity index is 1090. The van der Waals surface area contributed by atoms with E-state index in [0.717, 1.165) is 33.0 Å². The number of nitrogens with zero attached hydrogens (tertiary/aromatic N) is 1. The van der Waals surface area contributed by atoms with Crippen molar-refractivity contribution in [1.29, 1.82) is 0 Å². The Morgan fingerprint density at radius 1 is 1.18 bits per heavy atom. The smallest absolute Gasteiger partial charge is 0.299 e. The average molecular weight is 393 g/mol. The highest BCUT2D eigenvalue weighted by atomic mass is 32.1. The van der Waals surface area contributed by atoms with Crippen molar-refractivity contribution in [3.63, 3.8) is 0 Å². The molecule has 0 radical (unpaired) electrons. The van der Waals surface area contributed by atoms with Crippen LogP contribution in [0.2, 0.25) is 0 Å². The van der Waals surface area contributed by atoms with Gasteiger partial charge in [0.25, 0.3) is 5.13 Å². The molecule has 5 rings (SSSR count). The summed E-state index contributed by atoms with van der Waals surface area (Å²) in [6, 6.07) is 14.0. The van der Waals surface area contributed by atoms with Gasteiger partial charge in [0, 0.05) is 6.42 Å². The van der Waals surface area contributed by atoms with Crippen molar-refractivity contribution in [1.82, 2.24) is 10.3 Å². The molecular formula is C21H18FN4OS+. The highest BCUT2D eigenvalue weighted by Gasteiger charge is 2.41. The van der Waals surface area contributed by atoms with E-state index in [1.54, 1.807) is 23.5 Å². The number of nitrogens with one attached hydrogen (secondary N) is 3. The second-order valence-electron chi connectivity index (χ2n) is 6.93. The van der Waals surface area contributed by atoms with Gasteiger partial charge in [-0.3, -0.25) is 9.79 Å². The molecule has 0 fully saturated rings. The van der Waals surface area contributed by atoms with Gasteiger partial charge in [0.1, 0.15) is 23.6 Å². The summed E-state index contributed by atoms with van der Waals surface area (Å²) in [6.45, 7) is 0. The first kappa shape index (κ1) is 17.1. The van der Waals surface area contributed by atoms with Crippen LogP contribution in [0.5, 0.6) is 0 Å². The number of halogens is 1. The number of aromatic nitrogens is 1. The van der Waals surface area contributed by atoms with E-state index < -0.39 is 0 Å². The van der Waals surface area contributed by atoms with Crippen LogP contribution in [0.15, 0.2) is 60.3 Å². The number of carbonyl (C=O) groups excluding carboxylic acids is 1. The summed E-state index contributed by atoms with van der Waals surface area (Å²) in [4.78, 5) is 20.6. The Morgan fingerprint density at radius 2 is 2.00 bits per heavy atom. The minimum atomic E-state index is -0.305. The van der Waals surface area contributed by atoms with Crippen molar-refractivity contribution in [2.45, 2.75) is 18.9 Å². The number of para-hydroxylation sites is 1. The molecule has 0 saturated carbocycles. The van der Waals surface area contributed by atoms with Gasteiger partial charge in [-0.1, -0.05) is 35.6 Å². The molecule has 1 aliphatic carbocycles. The summed E-state index contributed by atoms with van der Waals surface area (Å²) in [5, 5.41) is 7.38. The largest absolute Gasteiger partial charge is 0.355 e. The number of allylic oxidation sites excluding steroid dienone is 1. The summed E-state index contributed by atoms with van der Waals surface area (Å²) in [5.74, 6) is 0.261. The van der Waals surface area contributed by atoms with Crippen LogP contribution in [0.3, 0.4) is 0 Å². The van der Waals surface area contributed by atoms with E-state index in [0.29, 0.717) is 12.4 Å². The summed E-state index contributed by atoms with van der Waals surface area (Å²) < 4.78 is 14.5. The predicted molar refractivity (Wildman–Crippen MR) is 107 cm³/mol. The number of ketones is 1. The van der Waals surface area contributed by atoms with Crippen LogP contribution in [-0.2, 0) is 4.79 Å². The second kappa shape index (κ2) is 6.83. The number of thiazole rings is 1. The SMILES string of the molecule is O=C1CCC=C2NC(Nc3nc4ccccc4s3)=[NH+]C(c3ccc(F)cc3)C12. The first-order valence-corrected chi connectivity index (χ1v) is 10.0. The molecule has 2 unspecified atom stereocenters. The molecule has 2 aliphatic rings. The predicted octanol–water partition coefficient (Wildman–Crippen LogP) is 2.49. The number of carbonyl (C=O) groups is 1. The van der Waals surface area contributed by atoms with Crippen LogP contribution in [0, 0.1) is 11.7 Å². The summed E-state index contributed by atoms with van der Waals surface area (Å²) >= 11 is 1.56. The number of hydrogen-bond donors (Lipinski definition) is 3. The summed E-state index contributed by atoms with van der Waals surface area (Å²) in [6.07, 6.45) is 3.32. The molecular weight excluding hydrogens is 375 g/mol. The lowest BCUT2D eigenvalue weighted by Crippen LogP contribution is -2.84. The van der Waals surface area contributed by atoms with Gasteiger partial charge in [0.2, 0.25) is 0 Å². The molecule has 0 amide bonds. The van der Waals surface area contributed by atoms with E-state index >= 15 is 0 Å². The van der Waals surface area contributed by atoms with Crippen molar-refractivity contribution in [3.8, 4) is 0 Å². The Hall–Kier alpha value is -3.06. The van der Waals surface area contributed by atoms with Crippen LogP contribution in [0.4, 0.5) is 9.52 Å². The van der Waals surface area contributed by atoms with Crippen molar-refractivity contribution in [2.75, 3.05) is 5.32 Å². The standard InChI is InChI=1S/C21H17FN4OS/c22-13-10-8-12(9-11-13)19-18-15(5-3-6-16(18)27)23-20(25-19)26-21-24-14-4-1-2-7-17(14)28-21/h1-2,4-5,7-11,18-19H,3,6H2,(H2,23,24,25,26)/p+1. The average Bonchev–Trinajstić information content (AvgIpc) is 3.10. The molecule has 1 aliphatic heterocycles. The van der Waals surface area contributed by atoms with Crippen molar-refractivity contribution < 1.29 is 14.2 Å². The lowest BCUT2D eigenvalue weighted by atomic mass is 9.81. The zero-order chi connectivity index (χ0) is 19.1. The van der Waals surface area contributed by atoms with E-state index in [9.17, 15) is 9.18 Å². The Balaban J connectivity index is 1.52.